The van der Waals surface area contributed by atoms with Gasteiger partial charge in [-0.05, 0) is 73.0 Å². The van der Waals surface area contributed by atoms with Crippen LogP contribution in [-0.2, 0) is 34.7 Å². The topological polar surface area (TPSA) is 75.6 Å². The van der Waals surface area contributed by atoms with Crippen molar-refractivity contribution in [1.29, 1.82) is 0 Å². The number of hydrogen-bond donors (Lipinski definition) is 1. The molecule has 1 N–H and O–H groups in total. The molecule has 6 rings (SSSR count). The Morgan fingerprint density at radius 1 is 0.741 bits per heavy atom. The van der Waals surface area contributed by atoms with Crippen molar-refractivity contribution in [3.05, 3.63) is 96.6 Å². The Hall–Kier alpha value is -1.70. The molecular formula is C44H62O7S2Si. The molecule has 3 saturated heterocycles. The zero-order valence-electron chi connectivity index (χ0n) is 33.3. The predicted molar refractivity (Wildman–Crippen MR) is 224 cm³/mol. The summed E-state index contributed by atoms with van der Waals surface area (Å²) in [5, 5.41) is 14.8. The van der Waals surface area contributed by atoms with Crippen molar-refractivity contribution in [2.75, 3.05) is 24.7 Å². The lowest BCUT2D eigenvalue weighted by Gasteiger charge is -2.50. The maximum absolute atomic E-state index is 12.4. The minimum absolute atomic E-state index is 0.0471. The molecule has 5 atom stereocenters. The SMILES string of the molecule is CC1(C)O[C@@H](CCO[Si](c2ccccc2)(c2ccccc2)C(C)(C)C)C[C@@H](CC2([C@@H](O)[C@H]3C[C@@H](COCc4ccccc4)OC(C)(C)O3)SCCCS2)O1. The van der Waals surface area contributed by atoms with E-state index in [0.29, 0.717) is 32.7 Å². The molecule has 0 spiro atoms. The number of hydrogen-bond acceptors (Lipinski definition) is 9. The molecule has 10 heteroatoms. The summed E-state index contributed by atoms with van der Waals surface area (Å²) in [6.45, 7) is 16.4. The quantitative estimate of drug-likeness (QED) is 0.162. The first-order valence-electron chi connectivity index (χ1n) is 19.7. The van der Waals surface area contributed by atoms with E-state index in [-0.39, 0.29) is 23.4 Å². The molecule has 0 aliphatic carbocycles. The lowest BCUT2D eigenvalue weighted by Crippen LogP contribution is -2.66. The zero-order chi connectivity index (χ0) is 38.5. The van der Waals surface area contributed by atoms with Gasteiger partial charge in [-0.3, -0.25) is 0 Å². The Balaban J connectivity index is 1.15. The molecule has 3 aromatic rings. The van der Waals surface area contributed by atoms with E-state index in [4.69, 9.17) is 28.1 Å². The van der Waals surface area contributed by atoms with Gasteiger partial charge in [0.1, 0.15) is 6.10 Å². The Morgan fingerprint density at radius 3 is 1.87 bits per heavy atom. The molecule has 3 aliphatic rings. The first-order chi connectivity index (χ1) is 25.7. The average molecular weight is 795 g/mol. The first-order valence-corrected chi connectivity index (χ1v) is 23.6. The maximum Gasteiger partial charge on any atom is 0.261 e. The lowest BCUT2D eigenvalue weighted by molar-refractivity contribution is -0.320. The Kier molecular flexibility index (Phi) is 13.8. The van der Waals surface area contributed by atoms with Gasteiger partial charge in [-0.1, -0.05) is 112 Å². The molecule has 0 aromatic heterocycles. The van der Waals surface area contributed by atoms with Crippen LogP contribution in [0, 0.1) is 0 Å². The van der Waals surface area contributed by atoms with Crippen molar-refractivity contribution in [1.82, 2.24) is 0 Å². The molecule has 3 heterocycles. The summed E-state index contributed by atoms with van der Waals surface area (Å²) in [5.74, 6) is 0.369. The van der Waals surface area contributed by atoms with E-state index in [1.54, 1.807) is 0 Å². The van der Waals surface area contributed by atoms with Gasteiger partial charge in [-0.15, -0.1) is 23.5 Å². The van der Waals surface area contributed by atoms with E-state index in [2.05, 4.69) is 93.6 Å². The first kappa shape index (κ1) is 41.9. The summed E-state index contributed by atoms with van der Waals surface area (Å²) in [4.78, 5) is 0. The summed E-state index contributed by atoms with van der Waals surface area (Å²) in [6.07, 6.45) is 2.40. The average Bonchev–Trinajstić information content (AvgIpc) is 3.13. The highest BCUT2D eigenvalue weighted by molar-refractivity contribution is 8.18. The minimum Gasteiger partial charge on any atom is -0.407 e. The highest BCUT2D eigenvalue weighted by Crippen LogP contribution is 2.52. The zero-order valence-corrected chi connectivity index (χ0v) is 36.0. The van der Waals surface area contributed by atoms with E-state index < -0.39 is 36.2 Å². The molecule has 3 aliphatic heterocycles. The van der Waals surface area contributed by atoms with Crippen molar-refractivity contribution in [2.45, 2.75) is 138 Å². The van der Waals surface area contributed by atoms with Crippen LogP contribution < -0.4 is 10.4 Å². The van der Waals surface area contributed by atoms with E-state index >= 15 is 0 Å². The minimum atomic E-state index is -2.67. The van der Waals surface area contributed by atoms with Crippen LogP contribution in [0.15, 0.2) is 91.0 Å². The monoisotopic (exact) mass is 794 g/mol. The summed E-state index contributed by atoms with van der Waals surface area (Å²) >= 11 is 3.73. The summed E-state index contributed by atoms with van der Waals surface area (Å²) in [7, 11) is -2.67. The Morgan fingerprint density at radius 2 is 1.28 bits per heavy atom. The standard InChI is InChI=1S/C44H62O7S2Si/c1-41(2,3)54(37-20-13-9-14-21-37,38-22-15-10-16-23-38)47-25-24-34-28-35(49-42(4,5)48-34)30-44(52-26-17-27-53-44)40(45)39-29-36(50-43(6,7)51-39)32-46-31-33-18-11-8-12-19-33/h8-16,18-23,34-36,39-40,45H,17,24-32H2,1-7H3/t34-,35-,36-,39+,40-/m0/s1. The fourth-order valence-corrected chi connectivity index (χ4v) is 16.7. The molecule has 0 unspecified atom stereocenters. The van der Waals surface area contributed by atoms with Crippen LogP contribution in [0.5, 0.6) is 0 Å². The lowest BCUT2D eigenvalue weighted by atomic mass is 9.95. The van der Waals surface area contributed by atoms with Crippen LogP contribution >= 0.6 is 23.5 Å². The second-order valence-electron chi connectivity index (χ2n) is 17.0. The predicted octanol–water partition coefficient (Wildman–Crippen LogP) is 8.31. The van der Waals surface area contributed by atoms with E-state index in [0.717, 1.165) is 36.3 Å². The van der Waals surface area contributed by atoms with Gasteiger partial charge in [0.2, 0.25) is 0 Å². The highest BCUT2D eigenvalue weighted by Gasteiger charge is 2.53. The van der Waals surface area contributed by atoms with Crippen LogP contribution in [0.2, 0.25) is 5.04 Å². The smallest absolute Gasteiger partial charge is 0.261 e. The number of benzene rings is 3. The van der Waals surface area contributed by atoms with Crippen molar-refractivity contribution in [3.8, 4) is 0 Å². The van der Waals surface area contributed by atoms with Gasteiger partial charge in [0.15, 0.2) is 11.6 Å². The van der Waals surface area contributed by atoms with Gasteiger partial charge in [-0.2, -0.15) is 0 Å². The number of thioether (sulfide) groups is 2. The Bertz CT molecular complexity index is 1540. The molecule has 0 amide bonds. The summed E-state index contributed by atoms with van der Waals surface area (Å²) in [6, 6.07) is 31.8. The third-order valence-electron chi connectivity index (χ3n) is 10.7. The van der Waals surface area contributed by atoms with Crippen LogP contribution in [0.1, 0.15) is 86.1 Å². The Labute approximate surface area is 333 Å². The van der Waals surface area contributed by atoms with Crippen LogP contribution in [0.4, 0.5) is 0 Å². The highest BCUT2D eigenvalue weighted by atomic mass is 32.2. The number of aliphatic hydroxyl groups is 1. The van der Waals surface area contributed by atoms with Crippen molar-refractivity contribution in [3.63, 3.8) is 0 Å². The van der Waals surface area contributed by atoms with Gasteiger partial charge in [-0.25, -0.2) is 0 Å². The second-order valence-corrected chi connectivity index (χ2v) is 24.4. The van der Waals surface area contributed by atoms with Crippen molar-refractivity contribution < 1.29 is 33.2 Å². The second kappa shape index (κ2) is 17.8. The number of ether oxygens (including phenoxy) is 5. The fraction of sp³-hybridized carbons (Fsp3) is 0.591. The van der Waals surface area contributed by atoms with E-state index in [1.165, 1.54) is 10.4 Å². The molecule has 0 bridgehead atoms. The number of rotatable bonds is 14. The molecule has 0 saturated carbocycles. The van der Waals surface area contributed by atoms with Gasteiger partial charge < -0.3 is 33.2 Å². The molecule has 7 nitrogen and oxygen atoms in total. The molecule has 54 heavy (non-hydrogen) atoms. The third-order valence-corrected chi connectivity index (χ3v) is 19.2. The van der Waals surface area contributed by atoms with Gasteiger partial charge in [0, 0.05) is 25.9 Å². The van der Waals surface area contributed by atoms with Gasteiger partial charge in [0.25, 0.3) is 8.32 Å². The van der Waals surface area contributed by atoms with Crippen molar-refractivity contribution >= 4 is 42.2 Å². The summed E-state index contributed by atoms with van der Waals surface area (Å²) < 4.78 is 39.0. The molecular weight excluding hydrogens is 733 g/mol. The number of aliphatic hydroxyl groups excluding tert-OH is 1. The molecule has 3 aromatic carbocycles. The molecule has 0 radical (unpaired) electrons. The molecule has 296 valence electrons. The van der Waals surface area contributed by atoms with E-state index in [1.807, 2.05) is 69.4 Å². The van der Waals surface area contributed by atoms with Gasteiger partial charge in [0.05, 0.1) is 41.7 Å². The molecule has 3 fully saturated rings. The maximum atomic E-state index is 12.4. The van der Waals surface area contributed by atoms with Crippen LogP contribution in [0.3, 0.4) is 0 Å². The van der Waals surface area contributed by atoms with E-state index in [9.17, 15) is 5.11 Å². The largest absolute Gasteiger partial charge is 0.407 e. The fourth-order valence-electron chi connectivity index (χ4n) is 8.55. The van der Waals surface area contributed by atoms with Crippen LogP contribution in [-0.4, -0.2) is 84.3 Å². The van der Waals surface area contributed by atoms with Gasteiger partial charge >= 0.3 is 0 Å². The van der Waals surface area contributed by atoms with Crippen molar-refractivity contribution in [2.24, 2.45) is 0 Å². The third kappa shape index (κ3) is 10.2. The normalized spacial score (nSPS) is 26.2. The van der Waals surface area contributed by atoms with Crippen LogP contribution in [0.25, 0.3) is 0 Å². The summed E-state index contributed by atoms with van der Waals surface area (Å²) in [5.41, 5.74) is 1.13.